The molecular weight excluding hydrogens is 366 g/mol. The molecule has 0 bridgehead atoms. The van der Waals surface area contributed by atoms with Crippen LogP contribution in [0.3, 0.4) is 0 Å². The quantitative estimate of drug-likeness (QED) is 0.790. The van der Waals surface area contributed by atoms with E-state index in [2.05, 4.69) is 5.16 Å². The molecule has 1 amide bonds. The zero-order valence-electron chi connectivity index (χ0n) is 15.5. The maximum Gasteiger partial charge on any atom is 0.346 e. The van der Waals surface area contributed by atoms with Crippen molar-refractivity contribution in [1.29, 1.82) is 0 Å². The van der Waals surface area contributed by atoms with E-state index in [0.717, 1.165) is 18.4 Å². The number of likely N-dealkylation sites (tertiary alicyclic amines) is 1. The first kappa shape index (κ1) is 18.1. The first-order chi connectivity index (χ1) is 13.5. The maximum atomic E-state index is 12.7. The molecule has 0 radical (unpaired) electrons. The summed E-state index contributed by atoms with van der Waals surface area (Å²) in [5, 5.41) is 3.61. The third-order valence-electron chi connectivity index (χ3n) is 4.94. The minimum Gasteiger partial charge on any atom is -0.486 e. The van der Waals surface area contributed by atoms with Gasteiger partial charge in [-0.2, -0.15) is 0 Å². The van der Waals surface area contributed by atoms with Crippen LogP contribution < -0.4 is 15.2 Å². The van der Waals surface area contributed by atoms with Crippen molar-refractivity contribution in [3.8, 4) is 11.5 Å². The van der Waals surface area contributed by atoms with Crippen LogP contribution in [0.1, 0.15) is 40.5 Å². The van der Waals surface area contributed by atoms with E-state index in [1.807, 2.05) is 18.2 Å². The average Bonchev–Trinajstić information content (AvgIpc) is 3.32. The monoisotopic (exact) mass is 387 g/mol. The van der Waals surface area contributed by atoms with Gasteiger partial charge in [-0.05, 0) is 37.5 Å². The molecule has 3 heterocycles. The second kappa shape index (κ2) is 7.41. The number of nitrogen functional groups attached to an aromatic ring is 1. The Bertz CT molecular complexity index is 890. The van der Waals surface area contributed by atoms with Gasteiger partial charge < -0.3 is 29.4 Å². The van der Waals surface area contributed by atoms with Crippen LogP contribution in [0.25, 0.3) is 0 Å². The van der Waals surface area contributed by atoms with Crippen molar-refractivity contribution >= 4 is 17.8 Å². The molecule has 1 saturated heterocycles. The van der Waals surface area contributed by atoms with Crippen molar-refractivity contribution in [3.05, 3.63) is 35.0 Å². The largest absolute Gasteiger partial charge is 0.486 e. The summed E-state index contributed by atoms with van der Waals surface area (Å²) in [7, 11) is 0. The van der Waals surface area contributed by atoms with E-state index in [9.17, 15) is 9.59 Å². The van der Waals surface area contributed by atoms with Crippen LogP contribution in [0.4, 0.5) is 5.88 Å². The number of fused-ring (bicyclic) bond motifs is 1. The molecule has 0 saturated carbocycles. The SMILES string of the molecule is Cc1noc(N)c1C(=O)OCC(=O)N1CCCC1c1ccc2c(c1)OCCO2. The van der Waals surface area contributed by atoms with Gasteiger partial charge in [0.15, 0.2) is 18.1 Å². The fraction of sp³-hybridized carbons (Fsp3) is 0.421. The highest BCUT2D eigenvalue weighted by atomic mass is 16.6. The van der Waals surface area contributed by atoms with Gasteiger partial charge in [0.1, 0.15) is 18.8 Å². The fourth-order valence-corrected chi connectivity index (χ4v) is 3.60. The number of carbonyl (C=O) groups is 2. The minimum absolute atomic E-state index is 0.0533. The lowest BCUT2D eigenvalue weighted by Crippen LogP contribution is -2.34. The number of nitrogens with two attached hydrogens (primary N) is 1. The first-order valence-electron chi connectivity index (χ1n) is 9.12. The number of esters is 1. The number of aryl methyl sites for hydroxylation is 1. The molecule has 1 fully saturated rings. The molecular formula is C19H21N3O6. The summed E-state index contributed by atoms with van der Waals surface area (Å²) in [5.74, 6) is 0.290. The van der Waals surface area contributed by atoms with E-state index in [-0.39, 0.29) is 30.0 Å². The van der Waals surface area contributed by atoms with Crippen molar-refractivity contribution in [3.63, 3.8) is 0 Å². The summed E-state index contributed by atoms with van der Waals surface area (Å²) < 4.78 is 21.1. The molecule has 2 aromatic rings. The van der Waals surface area contributed by atoms with Crippen LogP contribution in [0.5, 0.6) is 11.5 Å². The molecule has 9 heteroatoms. The van der Waals surface area contributed by atoms with E-state index in [1.54, 1.807) is 11.8 Å². The Labute approximate surface area is 161 Å². The maximum absolute atomic E-state index is 12.7. The highest BCUT2D eigenvalue weighted by Crippen LogP contribution is 2.38. The number of nitrogens with zero attached hydrogens (tertiary/aromatic N) is 2. The smallest absolute Gasteiger partial charge is 0.346 e. The summed E-state index contributed by atoms with van der Waals surface area (Å²) in [6.07, 6.45) is 1.70. The Morgan fingerprint density at radius 1 is 1.29 bits per heavy atom. The first-order valence-corrected chi connectivity index (χ1v) is 9.12. The Morgan fingerprint density at radius 2 is 2.07 bits per heavy atom. The molecule has 2 aliphatic heterocycles. The van der Waals surface area contributed by atoms with Crippen LogP contribution in [-0.4, -0.2) is 48.3 Å². The highest BCUT2D eigenvalue weighted by Gasteiger charge is 2.32. The fourth-order valence-electron chi connectivity index (χ4n) is 3.60. The number of amides is 1. The van der Waals surface area contributed by atoms with Crippen LogP contribution in [0.2, 0.25) is 0 Å². The minimum atomic E-state index is -0.723. The lowest BCUT2D eigenvalue weighted by atomic mass is 10.0. The third kappa shape index (κ3) is 3.35. The van der Waals surface area contributed by atoms with Crippen LogP contribution in [0.15, 0.2) is 22.7 Å². The summed E-state index contributed by atoms with van der Waals surface area (Å²) in [6, 6.07) is 5.63. The molecule has 2 N–H and O–H groups in total. The molecule has 148 valence electrons. The summed E-state index contributed by atoms with van der Waals surface area (Å²) in [4.78, 5) is 26.6. The van der Waals surface area contributed by atoms with Crippen molar-refractivity contribution in [1.82, 2.24) is 10.1 Å². The van der Waals surface area contributed by atoms with E-state index >= 15 is 0 Å². The van der Waals surface area contributed by atoms with Crippen molar-refractivity contribution in [2.75, 3.05) is 32.1 Å². The molecule has 1 unspecified atom stereocenters. The van der Waals surface area contributed by atoms with Gasteiger partial charge in [-0.1, -0.05) is 11.2 Å². The van der Waals surface area contributed by atoms with Gasteiger partial charge in [0.25, 0.3) is 5.91 Å². The molecule has 1 aromatic carbocycles. The Balaban J connectivity index is 1.43. The van der Waals surface area contributed by atoms with Gasteiger partial charge in [0.2, 0.25) is 5.88 Å². The lowest BCUT2D eigenvalue weighted by molar-refractivity contribution is -0.135. The summed E-state index contributed by atoms with van der Waals surface area (Å²) in [5.41, 5.74) is 6.93. The number of rotatable bonds is 4. The van der Waals surface area contributed by atoms with Gasteiger partial charge >= 0.3 is 5.97 Å². The molecule has 9 nitrogen and oxygen atoms in total. The normalized spacial score (nSPS) is 18.2. The lowest BCUT2D eigenvalue weighted by Gasteiger charge is -2.26. The zero-order chi connectivity index (χ0) is 19.7. The Morgan fingerprint density at radius 3 is 2.82 bits per heavy atom. The van der Waals surface area contributed by atoms with E-state index in [0.29, 0.717) is 37.0 Å². The van der Waals surface area contributed by atoms with E-state index in [4.69, 9.17) is 24.5 Å². The van der Waals surface area contributed by atoms with Gasteiger partial charge in [-0.3, -0.25) is 4.79 Å². The standard InChI is InChI=1S/C19H21N3O6/c1-11-17(18(20)28-21-11)19(24)27-10-16(23)22-6-2-3-13(22)12-4-5-14-15(9-12)26-8-7-25-14/h4-5,9,13H,2-3,6-8,10,20H2,1H3. The number of benzene rings is 1. The van der Waals surface area contributed by atoms with Gasteiger partial charge in [-0.15, -0.1) is 0 Å². The Hall–Kier alpha value is -3.23. The number of hydrogen-bond acceptors (Lipinski definition) is 8. The van der Waals surface area contributed by atoms with Gasteiger partial charge in [-0.25, -0.2) is 4.79 Å². The summed E-state index contributed by atoms with van der Waals surface area (Å²) >= 11 is 0. The Kier molecular flexibility index (Phi) is 4.81. The van der Waals surface area contributed by atoms with Crippen molar-refractivity contribution in [2.24, 2.45) is 0 Å². The third-order valence-corrected chi connectivity index (χ3v) is 4.94. The van der Waals surface area contributed by atoms with Crippen molar-refractivity contribution in [2.45, 2.75) is 25.8 Å². The second-order valence-corrected chi connectivity index (χ2v) is 6.73. The summed E-state index contributed by atoms with van der Waals surface area (Å²) in [6.45, 7) is 2.84. The van der Waals surface area contributed by atoms with Gasteiger partial charge in [0.05, 0.1) is 11.7 Å². The van der Waals surface area contributed by atoms with Crippen molar-refractivity contribution < 1.29 is 28.3 Å². The number of carbonyl (C=O) groups excluding carboxylic acids is 2. The molecule has 0 spiro atoms. The number of anilines is 1. The topological polar surface area (TPSA) is 117 Å². The molecule has 1 aromatic heterocycles. The zero-order valence-corrected chi connectivity index (χ0v) is 15.5. The van der Waals surface area contributed by atoms with Crippen LogP contribution in [0, 0.1) is 6.92 Å². The highest BCUT2D eigenvalue weighted by molar-refractivity contribution is 5.96. The predicted octanol–water partition coefficient (Wildman–Crippen LogP) is 1.86. The molecule has 0 aliphatic carbocycles. The number of aromatic nitrogens is 1. The second-order valence-electron chi connectivity index (χ2n) is 6.73. The van der Waals surface area contributed by atoms with E-state index in [1.165, 1.54) is 0 Å². The molecule has 4 rings (SSSR count). The molecule has 1 atom stereocenters. The average molecular weight is 387 g/mol. The number of ether oxygens (including phenoxy) is 3. The predicted molar refractivity (Wildman–Crippen MR) is 97.1 cm³/mol. The van der Waals surface area contributed by atoms with Gasteiger partial charge in [0, 0.05) is 6.54 Å². The van der Waals surface area contributed by atoms with Crippen LogP contribution in [-0.2, 0) is 9.53 Å². The molecule has 2 aliphatic rings. The molecule has 28 heavy (non-hydrogen) atoms. The van der Waals surface area contributed by atoms with E-state index < -0.39 is 5.97 Å². The van der Waals surface area contributed by atoms with Crippen LogP contribution >= 0.6 is 0 Å². The number of hydrogen-bond donors (Lipinski definition) is 1.